The van der Waals surface area contributed by atoms with Crippen LogP contribution in [0.4, 0.5) is 0 Å². The molecule has 0 heteroatoms. The monoisotopic (exact) mass is 657 g/mol. The first-order valence-electron chi connectivity index (χ1n) is 27.8. The quantitative estimate of drug-likeness (QED) is 0.165. The highest BCUT2D eigenvalue weighted by Gasteiger charge is 2.18. The van der Waals surface area contributed by atoms with E-state index in [9.17, 15) is 17.8 Å². The van der Waals surface area contributed by atoms with Crippen molar-refractivity contribution in [2.24, 2.45) is 0 Å². The fourth-order valence-electron chi connectivity index (χ4n) is 6.27. The van der Waals surface area contributed by atoms with E-state index in [0.717, 1.165) is 0 Å². The van der Waals surface area contributed by atoms with Crippen molar-refractivity contribution in [2.45, 2.75) is 0 Å². The maximum atomic E-state index is 10.2. The Morgan fingerprint density at radius 3 is 1.72 bits per heavy atom. The lowest BCUT2D eigenvalue weighted by Crippen LogP contribution is -1.92. The van der Waals surface area contributed by atoms with Crippen molar-refractivity contribution in [3.8, 4) is 44.5 Å². The van der Waals surface area contributed by atoms with Gasteiger partial charge in [-0.25, -0.2) is 0 Å². The molecule has 0 unspecified atom stereocenters. The Morgan fingerprint density at radius 2 is 0.880 bits per heavy atom. The van der Waals surface area contributed by atoms with Crippen LogP contribution in [-0.4, -0.2) is 0 Å². The van der Waals surface area contributed by atoms with Crippen LogP contribution >= 0.6 is 0 Å². The van der Waals surface area contributed by atoms with Crippen LogP contribution in [0.1, 0.15) is 34.3 Å². The van der Waals surface area contributed by atoms with Gasteiger partial charge in [0.25, 0.3) is 0 Å². The molecular weight excluding hydrogens is 601 g/mol. The Labute approximate surface area is 326 Å². The van der Waals surface area contributed by atoms with Gasteiger partial charge in [0.2, 0.25) is 0 Å². The van der Waals surface area contributed by atoms with E-state index < -0.39 is 228 Å². The van der Waals surface area contributed by atoms with Gasteiger partial charge in [-0.2, -0.15) is 0 Å². The molecule has 0 nitrogen and oxygen atoms in total. The zero-order chi connectivity index (χ0) is 54.8. The van der Waals surface area contributed by atoms with Crippen molar-refractivity contribution in [2.75, 3.05) is 0 Å². The highest BCUT2D eigenvalue weighted by molar-refractivity contribution is 6.22. The summed E-state index contributed by atoms with van der Waals surface area (Å²) in [4.78, 5) is 0. The first-order chi connectivity index (χ1) is 35.2. The second-order valence-electron chi connectivity index (χ2n) is 11.3. The second kappa shape index (κ2) is 11.6. The minimum absolute atomic E-state index is 0.196. The topological polar surface area (TPSA) is 0 Å². The highest BCUT2D eigenvalue weighted by atomic mass is 14.2. The van der Waals surface area contributed by atoms with Gasteiger partial charge in [0.1, 0.15) is 0 Å². The molecule has 0 aromatic heterocycles. The van der Waals surface area contributed by atoms with Gasteiger partial charge in [0.15, 0.2) is 0 Å². The van der Waals surface area contributed by atoms with E-state index in [1.165, 1.54) is 0 Å². The van der Waals surface area contributed by atoms with Gasteiger partial charge >= 0.3 is 0 Å². The van der Waals surface area contributed by atoms with E-state index in [4.69, 9.17) is 16.4 Å². The molecule has 10 aromatic carbocycles. The molecule has 0 aliphatic heterocycles. The molecule has 0 fully saturated rings. The average Bonchev–Trinajstić information content (AvgIpc) is 3.42. The lowest BCUT2D eigenvalue weighted by Gasteiger charge is -2.19. The molecule has 0 bridgehead atoms. The van der Waals surface area contributed by atoms with Crippen LogP contribution in [0, 0.1) is 0 Å². The van der Waals surface area contributed by atoms with Crippen LogP contribution in [0.25, 0.3) is 98.4 Å². The molecule has 50 heavy (non-hydrogen) atoms. The molecule has 0 atom stereocenters. The lowest BCUT2D eigenvalue weighted by molar-refractivity contribution is 1.63. The number of hydrogen-bond acceptors (Lipinski definition) is 0. The SMILES string of the molecule is [2H]c1c([2H])c(-c2c3c([2H])c([2H])c([2H])c([2H])c3c(-c3c([2H])c([2H])c4c([2H])c([2H])c([2H])c([2H])c4c3[2H])c3c([2H])c(-c4c([2H])c([2H])c([2H])c5c([2H])c([2H])c([2H])c([2H])c45)c([2H])c([2H])c23)c([2H])c([2H])c1-c1cccc2ccccc12. The van der Waals surface area contributed by atoms with Gasteiger partial charge in [-0.15, -0.1) is 0 Å². The van der Waals surface area contributed by atoms with E-state index in [1.807, 2.05) is 0 Å². The highest BCUT2D eigenvalue weighted by Crippen LogP contribution is 2.46. The zero-order valence-corrected chi connectivity index (χ0v) is 25.5. The van der Waals surface area contributed by atoms with Gasteiger partial charge in [-0.05, 0) is 110 Å². The molecular formula is C50H32. The number of rotatable bonds is 4. The maximum Gasteiger partial charge on any atom is 0.0636 e. The van der Waals surface area contributed by atoms with Crippen LogP contribution in [0.5, 0.6) is 0 Å². The molecule has 0 radical (unpaired) electrons. The number of benzene rings is 10. The van der Waals surface area contributed by atoms with E-state index in [0.29, 0.717) is 10.8 Å². The lowest BCUT2D eigenvalue weighted by atomic mass is 9.84. The Bertz CT molecular complexity index is 4310. The van der Waals surface area contributed by atoms with Crippen molar-refractivity contribution >= 4 is 53.9 Å². The average molecular weight is 658 g/mol. The molecule has 0 amide bonds. The minimum Gasteiger partial charge on any atom is -0.0616 e. The molecule has 232 valence electrons. The summed E-state index contributed by atoms with van der Waals surface area (Å²) in [5, 5.41) is -4.21. The summed E-state index contributed by atoms with van der Waals surface area (Å²) in [5.74, 6) is 0. The number of hydrogen-bond donors (Lipinski definition) is 0. The van der Waals surface area contributed by atoms with Gasteiger partial charge < -0.3 is 0 Å². The third-order valence-corrected chi connectivity index (χ3v) is 8.50. The summed E-state index contributed by atoms with van der Waals surface area (Å²) < 4.78 is 230. The Kier molecular flexibility index (Phi) is 3.03. The fraction of sp³-hybridized carbons (Fsp3) is 0. The fourth-order valence-corrected chi connectivity index (χ4v) is 6.27. The normalized spacial score (nSPS) is 18.6. The Balaban J connectivity index is 1.55. The molecule has 0 aliphatic carbocycles. The molecule has 0 heterocycles. The summed E-state index contributed by atoms with van der Waals surface area (Å²) in [6, 6.07) is -10.5. The summed E-state index contributed by atoms with van der Waals surface area (Å²) in [7, 11) is 0. The van der Waals surface area contributed by atoms with Crippen molar-refractivity contribution in [1.29, 1.82) is 0 Å². The molecule has 0 N–H and O–H groups in total. The largest absolute Gasteiger partial charge is 0.0636 e. The summed E-state index contributed by atoms with van der Waals surface area (Å²) in [6.07, 6.45) is 0. The Morgan fingerprint density at radius 1 is 0.280 bits per heavy atom. The summed E-state index contributed by atoms with van der Waals surface area (Å²) >= 11 is 0. The molecule has 10 aromatic rings. The minimum atomic E-state index is -1.05. The van der Waals surface area contributed by atoms with E-state index in [1.54, 1.807) is 42.5 Å². The van der Waals surface area contributed by atoms with Crippen molar-refractivity contribution in [1.82, 2.24) is 0 Å². The predicted molar refractivity (Wildman–Crippen MR) is 216 cm³/mol. The first-order valence-corrected chi connectivity index (χ1v) is 15.3. The predicted octanol–water partition coefficient (Wildman–Crippen LogP) is 14.1. The van der Waals surface area contributed by atoms with E-state index in [-0.39, 0.29) is 11.1 Å². The molecule has 0 aliphatic rings. The standard InChI is InChI=1S/C50H32/c1-2-14-38-31-40(28-23-33(38)11-1)50-46-20-8-7-19-45(46)49(37-26-24-36(25-27-37)43-21-9-15-34-12-3-5-17-41(34)43)47-30-29-39(32-48(47)50)44-22-10-16-35-13-4-6-18-42(35)44/h1-32H/i1D,2D,4D,6D,7D,8D,10D,11D,13D,14D,16D,18D,19D,20D,22D,23D,24D,25D,26D,27D,28D,29D,30D,31D,32D. The zero-order valence-electron chi connectivity index (χ0n) is 50.5. The summed E-state index contributed by atoms with van der Waals surface area (Å²) in [6.45, 7) is 0. The molecule has 0 saturated carbocycles. The molecule has 10 rings (SSSR count). The van der Waals surface area contributed by atoms with Crippen LogP contribution in [0.3, 0.4) is 0 Å². The van der Waals surface area contributed by atoms with Crippen LogP contribution in [0.15, 0.2) is 194 Å². The van der Waals surface area contributed by atoms with Crippen molar-refractivity contribution < 1.29 is 34.3 Å². The third-order valence-electron chi connectivity index (χ3n) is 8.50. The van der Waals surface area contributed by atoms with E-state index in [2.05, 4.69) is 0 Å². The van der Waals surface area contributed by atoms with Crippen LogP contribution in [0.2, 0.25) is 0 Å². The molecule has 0 spiro atoms. The van der Waals surface area contributed by atoms with Crippen molar-refractivity contribution in [3.05, 3.63) is 194 Å². The third kappa shape index (κ3) is 4.61. The van der Waals surface area contributed by atoms with Gasteiger partial charge in [-0.1, -0.05) is 181 Å². The molecule has 0 saturated heterocycles. The second-order valence-corrected chi connectivity index (χ2v) is 11.3. The summed E-state index contributed by atoms with van der Waals surface area (Å²) in [5.41, 5.74) is -4.47. The smallest absolute Gasteiger partial charge is 0.0616 e. The Hall–Kier alpha value is -6.50. The van der Waals surface area contributed by atoms with Gasteiger partial charge in [0.05, 0.1) is 34.3 Å². The number of fused-ring (bicyclic) bond motifs is 5. The van der Waals surface area contributed by atoms with Crippen molar-refractivity contribution in [3.63, 3.8) is 0 Å². The first kappa shape index (κ1) is 13.1. The maximum absolute atomic E-state index is 10.2. The van der Waals surface area contributed by atoms with Gasteiger partial charge in [0, 0.05) is 0 Å². The van der Waals surface area contributed by atoms with Gasteiger partial charge in [-0.3, -0.25) is 0 Å². The van der Waals surface area contributed by atoms with Crippen LogP contribution in [-0.2, 0) is 0 Å². The van der Waals surface area contributed by atoms with Crippen LogP contribution < -0.4 is 0 Å². The van der Waals surface area contributed by atoms with E-state index >= 15 is 0 Å².